The molecule has 0 radical (unpaired) electrons. The van der Waals surface area contributed by atoms with Crippen molar-refractivity contribution < 1.29 is 28.3 Å². The number of hydrogen-bond acceptors (Lipinski definition) is 10. The highest BCUT2D eigenvalue weighted by atomic mass is 79.9. The molecule has 5 rings (SSSR count). The summed E-state index contributed by atoms with van der Waals surface area (Å²) in [4.78, 5) is 42.6. The van der Waals surface area contributed by atoms with Gasteiger partial charge in [-0.15, -0.1) is 0 Å². The van der Waals surface area contributed by atoms with Gasteiger partial charge in [-0.25, -0.2) is 9.79 Å². The van der Waals surface area contributed by atoms with Gasteiger partial charge in [-0.3, -0.25) is 19.5 Å². The van der Waals surface area contributed by atoms with Crippen LogP contribution in [0.1, 0.15) is 31.2 Å². The molecule has 2 aromatic carbocycles. The number of nitrogens with zero attached hydrogens (tertiary/aromatic N) is 3. The number of aromatic nitrogens is 1. The largest absolute Gasteiger partial charge is 0.493 e. The van der Waals surface area contributed by atoms with Gasteiger partial charge in [0.05, 0.1) is 47.6 Å². The number of thiazole rings is 1. The minimum Gasteiger partial charge on any atom is -0.493 e. The van der Waals surface area contributed by atoms with Crippen molar-refractivity contribution in [3.63, 3.8) is 0 Å². The molecular formula is C29H24BrN3O8S. The molecule has 1 aliphatic rings. The fourth-order valence-corrected chi connectivity index (χ4v) is 6.24. The van der Waals surface area contributed by atoms with Gasteiger partial charge in [0.1, 0.15) is 11.5 Å². The van der Waals surface area contributed by atoms with Gasteiger partial charge >= 0.3 is 5.97 Å². The van der Waals surface area contributed by atoms with Crippen molar-refractivity contribution in [3.05, 3.63) is 105 Å². The van der Waals surface area contributed by atoms with E-state index in [1.807, 2.05) is 0 Å². The Hall–Kier alpha value is -4.49. The SMILES string of the molecule is CCOC(=O)C1=C(C)N=c2s/c(=C\c3ccc(-c4ccc([N+](=O)[O-])cc4Br)o3)c(=O)n2[C@@H]1c1ccc(OC)c(OC)c1. The van der Waals surface area contributed by atoms with Gasteiger partial charge in [0.2, 0.25) is 0 Å². The van der Waals surface area contributed by atoms with Crippen LogP contribution in [-0.2, 0) is 9.53 Å². The molecule has 0 saturated carbocycles. The second kappa shape index (κ2) is 11.8. The van der Waals surface area contributed by atoms with E-state index in [4.69, 9.17) is 18.6 Å². The van der Waals surface area contributed by atoms with E-state index < -0.39 is 16.9 Å². The molecule has 0 saturated heterocycles. The number of fused-ring (bicyclic) bond motifs is 1. The summed E-state index contributed by atoms with van der Waals surface area (Å²) in [6.07, 6.45) is 1.60. The fraction of sp³-hybridized carbons (Fsp3) is 0.207. The number of nitro benzene ring substituents is 1. The molecule has 0 amide bonds. The van der Waals surface area contributed by atoms with Gasteiger partial charge < -0.3 is 18.6 Å². The summed E-state index contributed by atoms with van der Waals surface area (Å²) in [7, 11) is 3.03. The number of allylic oxidation sites excluding steroid dienone is 1. The molecule has 42 heavy (non-hydrogen) atoms. The lowest BCUT2D eigenvalue weighted by Gasteiger charge is -2.25. The van der Waals surface area contributed by atoms with Crippen LogP contribution in [0, 0.1) is 10.1 Å². The first-order chi connectivity index (χ1) is 20.2. The van der Waals surface area contributed by atoms with E-state index >= 15 is 0 Å². The van der Waals surface area contributed by atoms with Crippen molar-refractivity contribution in [3.8, 4) is 22.8 Å². The van der Waals surface area contributed by atoms with Crippen LogP contribution in [-0.4, -0.2) is 36.3 Å². The van der Waals surface area contributed by atoms with Crippen LogP contribution in [0.2, 0.25) is 0 Å². The number of ether oxygens (including phenoxy) is 3. The lowest BCUT2D eigenvalue weighted by atomic mass is 9.95. The second-order valence-electron chi connectivity index (χ2n) is 9.04. The molecule has 0 N–H and O–H groups in total. The van der Waals surface area contributed by atoms with Gasteiger partial charge in [-0.05, 0) is 65.7 Å². The Kier molecular flexibility index (Phi) is 8.14. The van der Waals surface area contributed by atoms with Crippen molar-refractivity contribution >= 4 is 45.0 Å². The third-order valence-corrected chi connectivity index (χ3v) is 8.21. The summed E-state index contributed by atoms with van der Waals surface area (Å²) in [5.41, 5.74) is 1.48. The summed E-state index contributed by atoms with van der Waals surface area (Å²) in [6, 6.07) is 12.1. The van der Waals surface area contributed by atoms with Gasteiger partial charge in [0.15, 0.2) is 16.3 Å². The first-order valence-corrected chi connectivity index (χ1v) is 14.2. The molecule has 11 nitrogen and oxygen atoms in total. The molecule has 1 atom stereocenters. The Bertz CT molecular complexity index is 1940. The number of methoxy groups -OCH3 is 2. The zero-order chi connectivity index (χ0) is 30.1. The van der Waals surface area contributed by atoms with Crippen molar-refractivity contribution in [1.29, 1.82) is 0 Å². The zero-order valence-corrected chi connectivity index (χ0v) is 25.3. The maximum atomic E-state index is 13.9. The molecule has 216 valence electrons. The van der Waals surface area contributed by atoms with Gasteiger partial charge in [0, 0.05) is 28.2 Å². The third kappa shape index (κ3) is 5.28. The average Bonchev–Trinajstić information content (AvgIpc) is 3.55. The van der Waals surface area contributed by atoms with E-state index in [1.54, 1.807) is 56.3 Å². The van der Waals surface area contributed by atoms with Crippen LogP contribution in [0.3, 0.4) is 0 Å². The van der Waals surface area contributed by atoms with Crippen LogP contribution in [0.5, 0.6) is 11.5 Å². The van der Waals surface area contributed by atoms with Gasteiger partial charge in [0.25, 0.3) is 11.2 Å². The summed E-state index contributed by atoms with van der Waals surface area (Å²) in [5.74, 6) is 1.22. The van der Waals surface area contributed by atoms with Gasteiger partial charge in [-0.1, -0.05) is 17.4 Å². The standard InChI is InChI=1S/C29H24BrN3O8S/c1-5-40-28(35)25-15(2)31-29-32(26(25)16-6-10-22(38-3)23(12-16)39-4)27(34)24(42-29)14-18-8-11-21(41-18)19-9-7-17(33(36)37)13-20(19)30/h6-14,26H,5H2,1-4H3/b24-14-/t26-/m1/s1. The topological polar surface area (TPSA) is 135 Å². The highest BCUT2D eigenvalue weighted by Gasteiger charge is 2.34. The quantitative estimate of drug-likeness (QED) is 0.151. The second-order valence-corrected chi connectivity index (χ2v) is 10.9. The smallest absolute Gasteiger partial charge is 0.338 e. The van der Waals surface area contributed by atoms with Crippen molar-refractivity contribution in [2.24, 2.45) is 4.99 Å². The number of hydrogen-bond donors (Lipinski definition) is 0. The van der Waals surface area contributed by atoms with E-state index in [-0.39, 0.29) is 23.4 Å². The van der Waals surface area contributed by atoms with Crippen LogP contribution in [0.4, 0.5) is 5.69 Å². The zero-order valence-electron chi connectivity index (χ0n) is 22.9. The lowest BCUT2D eigenvalue weighted by molar-refractivity contribution is -0.384. The Morgan fingerprint density at radius 2 is 1.93 bits per heavy atom. The predicted molar refractivity (Wildman–Crippen MR) is 158 cm³/mol. The predicted octanol–water partition coefficient (Wildman–Crippen LogP) is 4.75. The number of rotatable bonds is 8. The first kappa shape index (κ1) is 29.0. The van der Waals surface area contributed by atoms with E-state index in [2.05, 4.69) is 20.9 Å². The van der Waals surface area contributed by atoms with E-state index in [0.717, 1.165) is 11.3 Å². The number of non-ortho nitro benzene ring substituents is 1. The van der Waals surface area contributed by atoms with E-state index in [1.165, 1.54) is 30.9 Å². The molecule has 0 fully saturated rings. The average molecular weight is 654 g/mol. The number of carbonyl (C=O) groups excluding carboxylic acids is 1. The lowest BCUT2D eigenvalue weighted by Crippen LogP contribution is -2.39. The maximum absolute atomic E-state index is 13.9. The monoisotopic (exact) mass is 653 g/mol. The molecule has 2 aromatic heterocycles. The molecule has 0 bridgehead atoms. The molecule has 0 aliphatic carbocycles. The van der Waals surface area contributed by atoms with Crippen LogP contribution in [0.15, 0.2) is 78.5 Å². The Labute approximate surface area is 251 Å². The minimum absolute atomic E-state index is 0.0555. The summed E-state index contributed by atoms with van der Waals surface area (Å²) < 4.78 is 24.5. The number of benzene rings is 2. The summed E-state index contributed by atoms with van der Waals surface area (Å²) in [6.45, 7) is 3.57. The van der Waals surface area contributed by atoms with Crippen molar-refractivity contribution in [2.75, 3.05) is 20.8 Å². The summed E-state index contributed by atoms with van der Waals surface area (Å²) in [5, 5.41) is 11.1. The fourth-order valence-electron chi connectivity index (χ4n) is 4.65. The third-order valence-electron chi connectivity index (χ3n) is 6.57. The van der Waals surface area contributed by atoms with Crippen LogP contribution >= 0.6 is 27.3 Å². The molecule has 13 heteroatoms. The Morgan fingerprint density at radius 1 is 1.17 bits per heavy atom. The molecule has 4 aromatic rings. The highest BCUT2D eigenvalue weighted by molar-refractivity contribution is 9.10. The summed E-state index contributed by atoms with van der Waals surface area (Å²) >= 11 is 4.52. The van der Waals surface area contributed by atoms with Crippen molar-refractivity contribution in [2.45, 2.75) is 19.9 Å². The highest BCUT2D eigenvalue weighted by Crippen LogP contribution is 2.36. The first-order valence-electron chi connectivity index (χ1n) is 12.6. The van der Waals surface area contributed by atoms with E-state index in [0.29, 0.717) is 53.6 Å². The maximum Gasteiger partial charge on any atom is 0.338 e. The number of nitro groups is 1. The molecule has 0 spiro atoms. The Morgan fingerprint density at radius 3 is 2.60 bits per heavy atom. The van der Waals surface area contributed by atoms with Crippen LogP contribution < -0.4 is 24.4 Å². The van der Waals surface area contributed by atoms with E-state index in [9.17, 15) is 19.7 Å². The number of carbonyl (C=O) groups is 1. The molecular weight excluding hydrogens is 630 g/mol. The van der Waals surface area contributed by atoms with Gasteiger partial charge in [-0.2, -0.15) is 0 Å². The van der Waals surface area contributed by atoms with Crippen molar-refractivity contribution in [1.82, 2.24) is 4.57 Å². The molecule has 0 unspecified atom stereocenters. The number of furan rings is 1. The molecule has 3 heterocycles. The van der Waals surface area contributed by atoms with Crippen LogP contribution in [0.25, 0.3) is 17.4 Å². The minimum atomic E-state index is -0.828. The number of halogens is 1. The Balaban J connectivity index is 1.63. The molecule has 1 aliphatic heterocycles. The normalized spacial score (nSPS) is 14.8. The number of esters is 1.